The standard InChI is InChI=1S/C12H23N3/c1-3-5-6-9-14-12(13-4-2)15-10-7-8-11-15/h3,5H,4,6-11H2,1-2H3,(H,13,14). The first kappa shape index (κ1) is 12.1. The Morgan fingerprint density at radius 3 is 2.73 bits per heavy atom. The fraction of sp³-hybridized carbons (Fsp3) is 0.750. The first-order chi connectivity index (χ1) is 7.38. The number of hydrogen-bond donors (Lipinski definition) is 1. The van der Waals surface area contributed by atoms with E-state index in [0.717, 1.165) is 38.6 Å². The minimum Gasteiger partial charge on any atom is -0.357 e. The molecular formula is C12H23N3. The van der Waals surface area contributed by atoms with Gasteiger partial charge in [0.1, 0.15) is 0 Å². The zero-order valence-corrected chi connectivity index (χ0v) is 10.00. The van der Waals surface area contributed by atoms with Gasteiger partial charge in [-0.25, -0.2) is 0 Å². The maximum Gasteiger partial charge on any atom is 0.193 e. The Morgan fingerprint density at radius 1 is 1.40 bits per heavy atom. The van der Waals surface area contributed by atoms with E-state index in [2.05, 4.69) is 41.2 Å². The van der Waals surface area contributed by atoms with Crippen LogP contribution in [0, 0.1) is 0 Å². The number of likely N-dealkylation sites (tertiary alicyclic amines) is 1. The molecule has 1 saturated heterocycles. The summed E-state index contributed by atoms with van der Waals surface area (Å²) in [7, 11) is 0. The maximum absolute atomic E-state index is 4.61. The molecule has 1 fully saturated rings. The summed E-state index contributed by atoms with van der Waals surface area (Å²) in [6, 6.07) is 0. The summed E-state index contributed by atoms with van der Waals surface area (Å²) in [5.74, 6) is 1.10. The highest BCUT2D eigenvalue weighted by Gasteiger charge is 2.14. The summed E-state index contributed by atoms with van der Waals surface area (Å²) in [6.07, 6.45) is 7.90. The molecule has 0 atom stereocenters. The summed E-state index contributed by atoms with van der Waals surface area (Å²) < 4.78 is 0. The van der Waals surface area contributed by atoms with Crippen LogP contribution in [0.15, 0.2) is 17.1 Å². The predicted octanol–water partition coefficient (Wildman–Crippen LogP) is 2.01. The Bertz CT molecular complexity index is 215. The molecule has 0 aliphatic carbocycles. The van der Waals surface area contributed by atoms with E-state index in [0.29, 0.717) is 0 Å². The molecule has 0 aromatic heterocycles. The summed E-state index contributed by atoms with van der Waals surface area (Å²) >= 11 is 0. The van der Waals surface area contributed by atoms with Crippen molar-refractivity contribution in [3.8, 4) is 0 Å². The molecule has 0 unspecified atom stereocenters. The van der Waals surface area contributed by atoms with E-state index in [-0.39, 0.29) is 0 Å². The van der Waals surface area contributed by atoms with Gasteiger partial charge >= 0.3 is 0 Å². The molecule has 1 heterocycles. The quantitative estimate of drug-likeness (QED) is 0.332. The van der Waals surface area contributed by atoms with Gasteiger partial charge in [0.05, 0.1) is 0 Å². The highest BCUT2D eigenvalue weighted by molar-refractivity contribution is 5.80. The van der Waals surface area contributed by atoms with Gasteiger partial charge in [0.25, 0.3) is 0 Å². The lowest BCUT2D eigenvalue weighted by atomic mass is 10.4. The van der Waals surface area contributed by atoms with Crippen LogP contribution in [0.3, 0.4) is 0 Å². The zero-order valence-electron chi connectivity index (χ0n) is 10.00. The summed E-state index contributed by atoms with van der Waals surface area (Å²) in [5.41, 5.74) is 0. The van der Waals surface area contributed by atoms with Crippen LogP contribution < -0.4 is 5.32 Å². The number of hydrogen-bond acceptors (Lipinski definition) is 1. The van der Waals surface area contributed by atoms with Crippen molar-refractivity contribution >= 4 is 5.96 Å². The van der Waals surface area contributed by atoms with E-state index in [1.165, 1.54) is 12.8 Å². The van der Waals surface area contributed by atoms with Gasteiger partial charge < -0.3 is 10.2 Å². The number of aliphatic imine (C=N–C) groups is 1. The van der Waals surface area contributed by atoms with Crippen LogP contribution >= 0.6 is 0 Å². The van der Waals surface area contributed by atoms with Crippen molar-refractivity contribution in [3.63, 3.8) is 0 Å². The molecule has 0 bridgehead atoms. The molecule has 1 N–H and O–H groups in total. The molecule has 0 saturated carbocycles. The van der Waals surface area contributed by atoms with E-state index < -0.39 is 0 Å². The third-order valence-corrected chi connectivity index (χ3v) is 2.53. The molecule has 3 nitrogen and oxygen atoms in total. The highest BCUT2D eigenvalue weighted by Crippen LogP contribution is 2.07. The van der Waals surface area contributed by atoms with Crippen molar-refractivity contribution in [2.24, 2.45) is 4.99 Å². The first-order valence-electron chi connectivity index (χ1n) is 6.03. The van der Waals surface area contributed by atoms with E-state index >= 15 is 0 Å². The summed E-state index contributed by atoms with van der Waals surface area (Å²) in [4.78, 5) is 6.97. The van der Waals surface area contributed by atoms with E-state index in [9.17, 15) is 0 Å². The second kappa shape index (κ2) is 7.32. The van der Waals surface area contributed by atoms with Crippen LogP contribution in [0.2, 0.25) is 0 Å². The summed E-state index contributed by atoms with van der Waals surface area (Å²) in [6.45, 7) is 8.35. The molecule has 1 aliphatic heterocycles. The number of nitrogens with one attached hydrogen (secondary N) is 1. The Kier molecular flexibility index (Phi) is 5.90. The zero-order chi connectivity index (χ0) is 10.9. The number of rotatable bonds is 4. The average Bonchev–Trinajstić information content (AvgIpc) is 2.76. The first-order valence-corrected chi connectivity index (χ1v) is 6.03. The average molecular weight is 209 g/mol. The van der Waals surface area contributed by atoms with Crippen molar-refractivity contribution in [2.75, 3.05) is 26.2 Å². The van der Waals surface area contributed by atoms with Gasteiger partial charge in [0.15, 0.2) is 5.96 Å². The van der Waals surface area contributed by atoms with Crippen molar-refractivity contribution in [1.29, 1.82) is 0 Å². The van der Waals surface area contributed by atoms with E-state index in [4.69, 9.17) is 0 Å². The Labute approximate surface area is 93.3 Å². The van der Waals surface area contributed by atoms with Gasteiger partial charge in [-0.1, -0.05) is 12.2 Å². The van der Waals surface area contributed by atoms with Crippen molar-refractivity contribution in [3.05, 3.63) is 12.2 Å². The van der Waals surface area contributed by atoms with E-state index in [1.54, 1.807) is 0 Å². The van der Waals surface area contributed by atoms with Crippen molar-refractivity contribution in [2.45, 2.75) is 33.1 Å². The molecular weight excluding hydrogens is 186 g/mol. The number of allylic oxidation sites excluding steroid dienone is 1. The molecule has 15 heavy (non-hydrogen) atoms. The maximum atomic E-state index is 4.61. The van der Waals surface area contributed by atoms with Crippen LogP contribution in [-0.2, 0) is 0 Å². The van der Waals surface area contributed by atoms with Gasteiger partial charge in [-0.05, 0) is 33.1 Å². The molecule has 0 radical (unpaired) electrons. The fourth-order valence-corrected chi connectivity index (χ4v) is 1.77. The Balaban J connectivity index is 2.40. The Morgan fingerprint density at radius 2 is 2.13 bits per heavy atom. The number of nitrogens with zero attached hydrogens (tertiary/aromatic N) is 2. The lowest BCUT2D eigenvalue weighted by molar-refractivity contribution is 0.494. The van der Waals surface area contributed by atoms with Gasteiger partial charge in [0, 0.05) is 26.2 Å². The molecule has 0 amide bonds. The third-order valence-electron chi connectivity index (χ3n) is 2.53. The molecule has 0 spiro atoms. The summed E-state index contributed by atoms with van der Waals surface area (Å²) in [5, 5.41) is 3.35. The van der Waals surface area contributed by atoms with Crippen molar-refractivity contribution in [1.82, 2.24) is 10.2 Å². The predicted molar refractivity (Wildman–Crippen MR) is 66.2 cm³/mol. The van der Waals surface area contributed by atoms with Gasteiger partial charge in [-0.15, -0.1) is 0 Å². The number of guanidine groups is 1. The van der Waals surface area contributed by atoms with E-state index in [1.807, 2.05) is 0 Å². The SMILES string of the molecule is CC=CCCN=C(NCC)N1CCCC1. The monoisotopic (exact) mass is 209 g/mol. The van der Waals surface area contributed by atoms with Gasteiger partial charge in [0.2, 0.25) is 0 Å². The topological polar surface area (TPSA) is 27.6 Å². The highest BCUT2D eigenvalue weighted by atomic mass is 15.3. The molecule has 0 aromatic rings. The van der Waals surface area contributed by atoms with Crippen LogP contribution in [-0.4, -0.2) is 37.0 Å². The largest absolute Gasteiger partial charge is 0.357 e. The second-order valence-corrected chi connectivity index (χ2v) is 3.79. The van der Waals surface area contributed by atoms with Crippen LogP contribution in [0.25, 0.3) is 0 Å². The van der Waals surface area contributed by atoms with Gasteiger partial charge in [-0.3, -0.25) is 4.99 Å². The van der Waals surface area contributed by atoms with Crippen LogP contribution in [0.4, 0.5) is 0 Å². The van der Waals surface area contributed by atoms with Crippen LogP contribution in [0.1, 0.15) is 33.1 Å². The fourth-order valence-electron chi connectivity index (χ4n) is 1.77. The normalized spacial score (nSPS) is 17.7. The van der Waals surface area contributed by atoms with Gasteiger partial charge in [-0.2, -0.15) is 0 Å². The molecule has 86 valence electrons. The van der Waals surface area contributed by atoms with Crippen molar-refractivity contribution < 1.29 is 0 Å². The lowest BCUT2D eigenvalue weighted by Crippen LogP contribution is -2.39. The minimum absolute atomic E-state index is 0.892. The molecule has 0 aromatic carbocycles. The smallest absolute Gasteiger partial charge is 0.193 e. The van der Waals surface area contributed by atoms with Crippen LogP contribution in [0.5, 0.6) is 0 Å². The molecule has 1 aliphatic rings. The molecule has 1 rings (SSSR count). The lowest BCUT2D eigenvalue weighted by Gasteiger charge is -2.20. The minimum atomic E-state index is 0.892. The second-order valence-electron chi connectivity index (χ2n) is 3.79. The molecule has 3 heteroatoms. The third kappa shape index (κ3) is 4.36. The Hall–Kier alpha value is -0.990.